The Morgan fingerprint density at radius 3 is 2.36 bits per heavy atom. The summed E-state index contributed by atoms with van der Waals surface area (Å²) in [5.41, 5.74) is 3.52. The minimum atomic E-state index is -3.39. The molecule has 2 rings (SSSR count). The molecular formula is C18H19ClN2O3S. The maximum absolute atomic E-state index is 10.9. The van der Waals surface area contributed by atoms with Gasteiger partial charge in [-0.05, 0) is 42.2 Å². The molecule has 0 saturated carbocycles. The summed E-state index contributed by atoms with van der Waals surface area (Å²) in [4.78, 5) is 0. The van der Waals surface area contributed by atoms with Gasteiger partial charge in [-0.1, -0.05) is 35.9 Å². The first-order valence-electron chi connectivity index (χ1n) is 7.72. The maximum Gasteiger partial charge on any atom is 0.264 e. The third kappa shape index (κ3) is 7.14. The second-order valence-electron chi connectivity index (χ2n) is 5.61. The van der Waals surface area contributed by atoms with Crippen LogP contribution in [-0.4, -0.2) is 27.8 Å². The molecule has 0 aromatic heterocycles. The number of rotatable bonds is 8. The Kier molecular flexibility index (Phi) is 6.82. The van der Waals surface area contributed by atoms with Gasteiger partial charge in [0.25, 0.3) is 10.1 Å². The zero-order chi connectivity index (χ0) is 18.3. The van der Waals surface area contributed by atoms with E-state index < -0.39 is 10.1 Å². The van der Waals surface area contributed by atoms with E-state index in [1.807, 2.05) is 24.3 Å². The van der Waals surface area contributed by atoms with Crippen LogP contribution in [0.1, 0.15) is 16.7 Å². The summed E-state index contributed by atoms with van der Waals surface area (Å²) in [6.07, 6.45) is 2.40. The smallest absolute Gasteiger partial charge is 0.264 e. The van der Waals surface area contributed by atoms with Crippen LogP contribution in [-0.2, 0) is 27.1 Å². The zero-order valence-electron chi connectivity index (χ0n) is 13.8. The molecule has 0 aliphatic heterocycles. The molecule has 0 heterocycles. The van der Waals surface area contributed by atoms with Crippen molar-refractivity contribution in [2.75, 3.05) is 24.7 Å². The van der Waals surface area contributed by atoms with Crippen molar-refractivity contribution in [2.24, 2.45) is 0 Å². The van der Waals surface area contributed by atoms with Crippen LogP contribution in [0.3, 0.4) is 0 Å². The van der Waals surface area contributed by atoms with Crippen molar-refractivity contribution in [3.05, 3.63) is 64.2 Å². The van der Waals surface area contributed by atoms with E-state index in [9.17, 15) is 8.42 Å². The van der Waals surface area contributed by atoms with Gasteiger partial charge in [0, 0.05) is 17.3 Å². The first-order valence-corrected chi connectivity index (χ1v) is 9.92. The molecule has 0 amide bonds. The zero-order valence-corrected chi connectivity index (χ0v) is 15.4. The van der Waals surface area contributed by atoms with Gasteiger partial charge in [0.05, 0.1) is 24.5 Å². The van der Waals surface area contributed by atoms with Crippen LogP contribution >= 0.6 is 11.6 Å². The van der Waals surface area contributed by atoms with Gasteiger partial charge in [0.1, 0.15) is 0 Å². The lowest BCUT2D eigenvalue weighted by atomic mass is 10.1. The van der Waals surface area contributed by atoms with Crippen LogP contribution < -0.4 is 5.32 Å². The summed E-state index contributed by atoms with van der Waals surface area (Å²) in [5.74, 6) is 0. The van der Waals surface area contributed by atoms with Crippen molar-refractivity contribution in [1.82, 2.24) is 0 Å². The third-order valence-electron chi connectivity index (χ3n) is 3.48. The Balaban J connectivity index is 1.82. The molecule has 0 bridgehead atoms. The molecule has 2 aromatic carbocycles. The van der Waals surface area contributed by atoms with E-state index in [-0.39, 0.29) is 6.61 Å². The average Bonchev–Trinajstić information content (AvgIpc) is 2.54. The number of nitrogens with zero attached hydrogens (tertiary/aromatic N) is 1. The van der Waals surface area contributed by atoms with Crippen molar-refractivity contribution in [1.29, 1.82) is 5.26 Å². The molecular weight excluding hydrogens is 360 g/mol. The summed E-state index contributed by atoms with van der Waals surface area (Å²) >= 11 is 5.97. The van der Waals surface area contributed by atoms with Gasteiger partial charge in [-0.15, -0.1) is 0 Å². The highest BCUT2D eigenvalue weighted by Gasteiger charge is 2.03. The Morgan fingerprint density at radius 2 is 1.76 bits per heavy atom. The molecule has 0 unspecified atom stereocenters. The lowest BCUT2D eigenvalue weighted by Crippen LogP contribution is -2.07. The molecule has 7 heteroatoms. The van der Waals surface area contributed by atoms with Gasteiger partial charge in [0.15, 0.2) is 0 Å². The fourth-order valence-corrected chi connectivity index (χ4v) is 2.91. The molecule has 0 aliphatic carbocycles. The van der Waals surface area contributed by atoms with E-state index >= 15 is 0 Å². The van der Waals surface area contributed by atoms with E-state index in [0.717, 1.165) is 29.5 Å². The van der Waals surface area contributed by atoms with Crippen LogP contribution in [0.2, 0.25) is 5.02 Å². The van der Waals surface area contributed by atoms with Crippen molar-refractivity contribution in [3.63, 3.8) is 0 Å². The van der Waals surface area contributed by atoms with E-state index in [4.69, 9.17) is 21.0 Å². The van der Waals surface area contributed by atoms with Crippen molar-refractivity contribution in [2.45, 2.75) is 12.8 Å². The highest BCUT2D eigenvalue weighted by Crippen LogP contribution is 2.18. The summed E-state index contributed by atoms with van der Waals surface area (Å²) in [7, 11) is -3.39. The predicted molar refractivity (Wildman–Crippen MR) is 99.3 cm³/mol. The quantitative estimate of drug-likeness (QED) is 0.712. The normalized spacial score (nSPS) is 11.1. The van der Waals surface area contributed by atoms with E-state index in [0.29, 0.717) is 23.6 Å². The van der Waals surface area contributed by atoms with Crippen LogP contribution in [0.5, 0.6) is 0 Å². The van der Waals surface area contributed by atoms with E-state index in [1.165, 1.54) is 0 Å². The van der Waals surface area contributed by atoms with Gasteiger partial charge >= 0.3 is 0 Å². The molecule has 0 spiro atoms. The molecule has 5 nitrogen and oxygen atoms in total. The fraction of sp³-hybridized carbons (Fsp3) is 0.278. The van der Waals surface area contributed by atoms with Crippen molar-refractivity contribution in [3.8, 4) is 6.07 Å². The number of hydrogen-bond acceptors (Lipinski definition) is 5. The van der Waals surface area contributed by atoms with E-state index in [2.05, 4.69) is 11.4 Å². The minimum absolute atomic E-state index is 0.149. The Bertz CT molecular complexity index is 859. The van der Waals surface area contributed by atoms with Crippen LogP contribution in [0, 0.1) is 11.3 Å². The highest BCUT2D eigenvalue weighted by atomic mass is 35.5. The van der Waals surface area contributed by atoms with Crippen LogP contribution in [0.15, 0.2) is 42.5 Å². The summed E-state index contributed by atoms with van der Waals surface area (Å²) in [6, 6.07) is 15.2. The number of hydrogen-bond donors (Lipinski definition) is 1. The summed E-state index contributed by atoms with van der Waals surface area (Å²) in [5, 5.41) is 12.7. The van der Waals surface area contributed by atoms with Crippen molar-refractivity contribution >= 4 is 27.4 Å². The maximum atomic E-state index is 10.9. The summed E-state index contributed by atoms with van der Waals surface area (Å²) in [6.45, 7) is 0.859. The van der Waals surface area contributed by atoms with Crippen LogP contribution in [0.25, 0.3) is 0 Å². The van der Waals surface area contributed by atoms with E-state index in [1.54, 1.807) is 18.2 Å². The second-order valence-corrected chi connectivity index (χ2v) is 7.69. The van der Waals surface area contributed by atoms with Gasteiger partial charge in [-0.2, -0.15) is 13.7 Å². The molecule has 0 saturated heterocycles. The predicted octanol–water partition coefficient (Wildman–Crippen LogP) is 3.38. The molecule has 2 aromatic rings. The minimum Gasteiger partial charge on any atom is -0.385 e. The Morgan fingerprint density at radius 1 is 1.12 bits per heavy atom. The number of benzene rings is 2. The molecule has 0 aliphatic rings. The Labute approximate surface area is 153 Å². The van der Waals surface area contributed by atoms with Gasteiger partial charge in [-0.25, -0.2) is 0 Å². The largest absolute Gasteiger partial charge is 0.385 e. The molecule has 132 valence electrons. The topological polar surface area (TPSA) is 79.2 Å². The fourth-order valence-electron chi connectivity index (χ4n) is 2.29. The number of halogens is 1. The molecule has 0 atom stereocenters. The average molecular weight is 379 g/mol. The Hall–Kier alpha value is -2.07. The molecule has 1 N–H and O–H groups in total. The second kappa shape index (κ2) is 8.86. The number of nitrogens with one attached hydrogen (secondary N) is 1. The van der Waals surface area contributed by atoms with Gasteiger partial charge in [-0.3, -0.25) is 4.18 Å². The summed E-state index contributed by atoms with van der Waals surface area (Å²) < 4.78 is 26.6. The van der Waals surface area contributed by atoms with Gasteiger partial charge < -0.3 is 5.32 Å². The highest BCUT2D eigenvalue weighted by molar-refractivity contribution is 7.85. The first-order chi connectivity index (χ1) is 11.9. The lowest BCUT2D eigenvalue weighted by molar-refractivity contribution is 0.326. The number of anilines is 1. The lowest BCUT2D eigenvalue weighted by Gasteiger charge is -2.08. The molecule has 0 fully saturated rings. The molecule has 0 radical (unpaired) electrons. The standard InChI is InChI=1S/C18H19ClN2O3S/c1-25(22,23)24-9-7-15-4-2-14(3-5-15)6-8-21-18-11-16(13-20)10-17(19)12-18/h2-5,10-12,21H,6-9H2,1H3. The van der Waals surface area contributed by atoms with Crippen molar-refractivity contribution < 1.29 is 12.6 Å². The monoisotopic (exact) mass is 378 g/mol. The first kappa shape index (κ1) is 19.3. The van der Waals surface area contributed by atoms with Gasteiger partial charge in [0.2, 0.25) is 0 Å². The SMILES string of the molecule is CS(=O)(=O)OCCc1ccc(CCNc2cc(Cl)cc(C#N)c2)cc1. The van der Waals surface area contributed by atoms with Crippen LogP contribution in [0.4, 0.5) is 5.69 Å². The molecule has 25 heavy (non-hydrogen) atoms. The number of nitriles is 1. The third-order valence-corrected chi connectivity index (χ3v) is 4.29.